The number of hydrogen-bond acceptors (Lipinski definition) is 8. The smallest absolute Gasteiger partial charge is 0.328 e. The standard InChI is InChI=1S/C27H21ClN6O4/c1-38-27(37)24(11-15-5-8-19(35)9-6-15)30-26(36)23-14-21(25-31-33-34-32-25)20-13-17(7-10-22(20)29-23)16-3-2-4-18(28)12-16/h2-10,12-14,24,35H,11H2,1H3,(H,30,36)(H,31,32,33,34)/t24-/m0/s1. The zero-order chi connectivity index (χ0) is 26.6. The van der Waals surface area contributed by atoms with Crippen LogP contribution in [0.2, 0.25) is 5.02 Å². The molecule has 0 fully saturated rings. The number of rotatable bonds is 7. The van der Waals surface area contributed by atoms with E-state index in [2.05, 4.69) is 30.9 Å². The van der Waals surface area contributed by atoms with Gasteiger partial charge < -0.3 is 15.2 Å². The van der Waals surface area contributed by atoms with Crippen molar-refractivity contribution in [3.63, 3.8) is 0 Å². The van der Waals surface area contributed by atoms with Crippen LogP contribution in [0.1, 0.15) is 16.1 Å². The minimum atomic E-state index is -0.978. The van der Waals surface area contributed by atoms with E-state index in [0.717, 1.165) is 16.7 Å². The number of pyridine rings is 1. The number of benzene rings is 3. The molecule has 0 unspecified atom stereocenters. The molecule has 2 aromatic heterocycles. The number of halogens is 1. The van der Waals surface area contributed by atoms with E-state index in [1.165, 1.54) is 19.2 Å². The summed E-state index contributed by atoms with van der Waals surface area (Å²) in [6.45, 7) is 0. The second-order valence-electron chi connectivity index (χ2n) is 8.45. The highest BCUT2D eigenvalue weighted by Gasteiger charge is 2.24. The second kappa shape index (κ2) is 10.7. The predicted octanol–water partition coefficient (Wildman–Crippen LogP) is 3.96. The van der Waals surface area contributed by atoms with Crippen molar-refractivity contribution < 1.29 is 19.4 Å². The summed E-state index contributed by atoms with van der Waals surface area (Å²) in [4.78, 5) is 30.3. The summed E-state index contributed by atoms with van der Waals surface area (Å²) in [6.07, 6.45) is 0.160. The molecule has 0 bridgehead atoms. The molecule has 0 aliphatic carbocycles. The zero-order valence-corrected chi connectivity index (χ0v) is 20.8. The Morgan fingerprint density at radius 3 is 2.55 bits per heavy atom. The molecule has 5 aromatic rings. The van der Waals surface area contributed by atoms with Crippen LogP contribution in [0.15, 0.2) is 72.8 Å². The summed E-state index contributed by atoms with van der Waals surface area (Å²) >= 11 is 6.18. The molecule has 3 N–H and O–H groups in total. The average Bonchev–Trinajstić information content (AvgIpc) is 3.47. The van der Waals surface area contributed by atoms with Crippen molar-refractivity contribution >= 4 is 34.4 Å². The summed E-state index contributed by atoms with van der Waals surface area (Å²) in [5.74, 6) is -0.815. The molecule has 190 valence electrons. The first-order chi connectivity index (χ1) is 18.4. The number of aromatic hydroxyl groups is 1. The van der Waals surface area contributed by atoms with Gasteiger partial charge in [-0.15, -0.1) is 10.2 Å². The van der Waals surface area contributed by atoms with Crippen LogP contribution in [0.25, 0.3) is 33.4 Å². The lowest BCUT2D eigenvalue weighted by atomic mass is 9.99. The fraction of sp³-hybridized carbons (Fsp3) is 0.111. The van der Waals surface area contributed by atoms with E-state index in [4.69, 9.17) is 16.3 Å². The number of aromatic amines is 1. The number of amides is 1. The van der Waals surface area contributed by atoms with E-state index < -0.39 is 17.9 Å². The zero-order valence-electron chi connectivity index (χ0n) is 20.1. The molecule has 1 atom stereocenters. The van der Waals surface area contributed by atoms with Gasteiger partial charge in [-0.05, 0) is 64.4 Å². The SMILES string of the molecule is COC(=O)[C@H](Cc1ccc(O)cc1)NC(=O)c1cc(-c2nn[nH]n2)c2cc(-c3cccc(Cl)c3)ccc2n1. The van der Waals surface area contributed by atoms with Crippen LogP contribution in [-0.2, 0) is 16.0 Å². The summed E-state index contributed by atoms with van der Waals surface area (Å²) in [6, 6.07) is 20.0. The Morgan fingerprint density at radius 1 is 1.05 bits per heavy atom. The molecule has 0 saturated heterocycles. The number of ether oxygens (including phenoxy) is 1. The molecule has 1 amide bonds. The van der Waals surface area contributed by atoms with E-state index in [1.54, 1.807) is 30.3 Å². The van der Waals surface area contributed by atoms with Crippen LogP contribution < -0.4 is 5.32 Å². The van der Waals surface area contributed by atoms with Crippen molar-refractivity contribution in [3.8, 4) is 28.3 Å². The van der Waals surface area contributed by atoms with Crippen LogP contribution in [-0.4, -0.2) is 55.7 Å². The lowest BCUT2D eigenvalue weighted by molar-refractivity contribution is -0.142. The topological polar surface area (TPSA) is 143 Å². The molecular formula is C27H21ClN6O4. The third-order valence-corrected chi connectivity index (χ3v) is 6.19. The molecule has 0 aliphatic heterocycles. The van der Waals surface area contributed by atoms with Crippen molar-refractivity contribution in [1.82, 2.24) is 30.9 Å². The maximum absolute atomic E-state index is 13.3. The van der Waals surface area contributed by atoms with Crippen molar-refractivity contribution in [3.05, 3.63) is 89.1 Å². The quantitative estimate of drug-likeness (QED) is 0.269. The fourth-order valence-corrected chi connectivity index (χ4v) is 4.28. The highest BCUT2D eigenvalue weighted by molar-refractivity contribution is 6.30. The number of fused-ring (bicyclic) bond motifs is 1. The third-order valence-electron chi connectivity index (χ3n) is 5.95. The van der Waals surface area contributed by atoms with E-state index in [0.29, 0.717) is 21.5 Å². The number of methoxy groups -OCH3 is 1. The van der Waals surface area contributed by atoms with E-state index >= 15 is 0 Å². The number of nitrogens with one attached hydrogen (secondary N) is 2. The number of phenolic OH excluding ortho intramolecular Hbond substituents is 1. The van der Waals surface area contributed by atoms with Crippen molar-refractivity contribution in [1.29, 1.82) is 0 Å². The number of phenols is 1. The Morgan fingerprint density at radius 2 is 1.84 bits per heavy atom. The molecule has 2 heterocycles. The first-order valence-electron chi connectivity index (χ1n) is 11.5. The maximum atomic E-state index is 13.3. The van der Waals surface area contributed by atoms with Gasteiger partial charge in [-0.3, -0.25) is 4.79 Å². The molecule has 3 aromatic carbocycles. The van der Waals surface area contributed by atoms with Crippen LogP contribution in [0.3, 0.4) is 0 Å². The molecule has 10 nitrogen and oxygen atoms in total. The highest BCUT2D eigenvalue weighted by Crippen LogP contribution is 2.31. The fourth-order valence-electron chi connectivity index (χ4n) is 4.09. The first-order valence-corrected chi connectivity index (χ1v) is 11.9. The van der Waals surface area contributed by atoms with Gasteiger partial charge in [0, 0.05) is 22.4 Å². The van der Waals surface area contributed by atoms with Gasteiger partial charge in [-0.25, -0.2) is 9.78 Å². The van der Waals surface area contributed by atoms with Crippen LogP contribution in [0, 0.1) is 0 Å². The second-order valence-corrected chi connectivity index (χ2v) is 8.89. The maximum Gasteiger partial charge on any atom is 0.328 e. The third kappa shape index (κ3) is 5.30. The highest BCUT2D eigenvalue weighted by atomic mass is 35.5. The summed E-state index contributed by atoms with van der Waals surface area (Å²) in [5, 5.41) is 27.8. The van der Waals surface area contributed by atoms with Gasteiger partial charge in [-0.2, -0.15) is 5.21 Å². The number of carbonyl (C=O) groups is 2. The molecule has 0 radical (unpaired) electrons. The Hall–Kier alpha value is -4.83. The lowest BCUT2D eigenvalue weighted by Crippen LogP contribution is -2.43. The van der Waals surface area contributed by atoms with Crippen LogP contribution in [0.4, 0.5) is 0 Å². The Bertz CT molecular complexity index is 1620. The van der Waals surface area contributed by atoms with Gasteiger partial charge in [0.2, 0.25) is 5.82 Å². The number of nitrogens with zero attached hydrogens (tertiary/aromatic N) is 4. The summed E-state index contributed by atoms with van der Waals surface area (Å²) < 4.78 is 4.90. The van der Waals surface area contributed by atoms with Gasteiger partial charge >= 0.3 is 5.97 Å². The van der Waals surface area contributed by atoms with Crippen molar-refractivity contribution in [2.75, 3.05) is 7.11 Å². The molecule has 11 heteroatoms. The monoisotopic (exact) mass is 528 g/mol. The minimum absolute atomic E-state index is 0.0624. The number of tetrazole rings is 1. The van der Waals surface area contributed by atoms with Gasteiger partial charge in [-0.1, -0.05) is 41.9 Å². The van der Waals surface area contributed by atoms with Gasteiger partial charge in [0.25, 0.3) is 5.91 Å². The summed E-state index contributed by atoms with van der Waals surface area (Å²) in [5.41, 5.74) is 3.65. The van der Waals surface area contributed by atoms with Crippen molar-refractivity contribution in [2.24, 2.45) is 0 Å². The van der Waals surface area contributed by atoms with Crippen molar-refractivity contribution in [2.45, 2.75) is 12.5 Å². The average molecular weight is 529 g/mol. The Labute approximate surface area is 221 Å². The largest absolute Gasteiger partial charge is 0.508 e. The number of carbonyl (C=O) groups excluding carboxylic acids is 2. The molecule has 38 heavy (non-hydrogen) atoms. The number of H-pyrrole nitrogens is 1. The Balaban J connectivity index is 1.52. The number of aromatic nitrogens is 5. The van der Waals surface area contributed by atoms with E-state index in [9.17, 15) is 14.7 Å². The predicted molar refractivity (Wildman–Crippen MR) is 140 cm³/mol. The minimum Gasteiger partial charge on any atom is -0.508 e. The lowest BCUT2D eigenvalue weighted by Gasteiger charge is -2.17. The normalized spacial score (nSPS) is 11.7. The van der Waals surface area contributed by atoms with E-state index in [-0.39, 0.29) is 23.7 Å². The van der Waals surface area contributed by atoms with Gasteiger partial charge in [0.15, 0.2) is 0 Å². The molecule has 0 saturated carbocycles. The van der Waals surface area contributed by atoms with Gasteiger partial charge in [0.1, 0.15) is 17.5 Å². The Kier molecular flexibility index (Phi) is 6.96. The van der Waals surface area contributed by atoms with Crippen LogP contribution in [0.5, 0.6) is 5.75 Å². The molecule has 5 rings (SSSR count). The van der Waals surface area contributed by atoms with Crippen LogP contribution >= 0.6 is 11.6 Å². The summed E-state index contributed by atoms with van der Waals surface area (Å²) in [7, 11) is 1.25. The molecule has 0 aliphatic rings. The van der Waals surface area contributed by atoms with Gasteiger partial charge in [0.05, 0.1) is 12.6 Å². The number of esters is 1. The first kappa shape index (κ1) is 24.8. The molecular weight excluding hydrogens is 508 g/mol. The number of hydrogen-bond donors (Lipinski definition) is 3. The molecule has 0 spiro atoms. The van der Waals surface area contributed by atoms with E-state index in [1.807, 2.05) is 30.3 Å².